The third-order valence-corrected chi connectivity index (χ3v) is 3.74. The van der Waals surface area contributed by atoms with Crippen LogP contribution in [0, 0.1) is 0 Å². The maximum atomic E-state index is 11.7. The lowest BCUT2D eigenvalue weighted by atomic mass is 10.3. The quantitative estimate of drug-likeness (QED) is 0.212. The highest BCUT2D eigenvalue weighted by Gasteiger charge is 2.24. The normalized spacial score (nSPS) is 10.0. The highest BCUT2D eigenvalue weighted by Crippen LogP contribution is 2.44. The van der Waals surface area contributed by atoms with E-state index >= 15 is 0 Å². The van der Waals surface area contributed by atoms with Crippen molar-refractivity contribution in [1.29, 1.82) is 0 Å². The molecule has 2 aromatic carbocycles. The molecule has 7 nitrogen and oxygen atoms in total. The third-order valence-electron chi connectivity index (χ3n) is 2.85. The molecule has 0 fully saturated rings. The average molecular weight is 363 g/mol. The van der Waals surface area contributed by atoms with Crippen LogP contribution in [-0.2, 0) is 4.57 Å². The number of hydrogen-bond donors (Lipinski definition) is 1. The Bertz CT molecular complexity index is 646. The van der Waals surface area contributed by atoms with Crippen molar-refractivity contribution in [3.63, 3.8) is 0 Å². The van der Waals surface area contributed by atoms with Gasteiger partial charge in [0.2, 0.25) is 0 Å². The molecule has 0 aromatic heterocycles. The third kappa shape index (κ3) is 10.1. The summed E-state index contributed by atoms with van der Waals surface area (Å²) in [4.78, 5) is 12.2. The standard InChI is InChI=1S/C12H11O4P.C5H11N3/c13-17(14,15-11-7-3-1-4-8-11)16-12-9-5-2-6-10-12;1-2-3-4-5-7-8-6/h1-10H,(H,13,14);2-5H2,1H3. The highest BCUT2D eigenvalue weighted by molar-refractivity contribution is 7.48. The summed E-state index contributed by atoms with van der Waals surface area (Å²) in [6, 6.07) is 16.7. The van der Waals surface area contributed by atoms with E-state index in [1.165, 1.54) is 12.8 Å². The Kier molecular flexibility index (Phi) is 9.87. The first-order valence-corrected chi connectivity index (χ1v) is 9.40. The minimum absolute atomic E-state index is 0.286. The first kappa shape index (κ1) is 20.6. The van der Waals surface area contributed by atoms with Gasteiger partial charge in [0.15, 0.2) is 0 Å². The number of nitrogens with zero attached hydrogens (tertiary/aromatic N) is 3. The first-order valence-electron chi connectivity index (χ1n) is 7.90. The maximum absolute atomic E-state index is 11.7. The summed E-state index contributed by atoms with van der Waals surface area (Å²) in [5.74, 6) is 0.573. The van der Waals surface area contributed by atoms with Crippen molar-refractivity contribution >= 4 is 7.82 Å². The van der Waals surface area contributed by atoms with Gasteiger partial charge in [-0.05, 0) is 36.2 Å². The van der Waals surface area contributed by atoms with Crippen molar-refractivity contribution in [1.82, 2.24) is 0 Å². The van der Waals surface area contributed by atoms with Crippen molar-refractivity contribution in [3.8, 4) is 11.5 Å². The molecular formula is C17H22N3O4P. The van der Waals surface area contributed by atoms with Gasteiger partial charge >= 0.3 is 7.82 Å². The summed E-state index contributed by atoms with van der Waals surface area (Å²) < 4.78 is 21.5. The van der Waals surface area contributed by atoms with Gasteiger partial charge in [0, 0.05) is 11.5 Å². The second kappa shape index (κ2) is 12.0. The van der Waals surface area contributed by atoms with Crippen molar-refractivity contribution in [2.24, 2.45) is 5.11 Å². The molecule has 2 aromatic rings. The molecule has 134 valence electrons. The summed E-state index contributed by atoms with van der Waals surface area (Å²) in [7, 11) is -4.14. The predicted octanol–water partition coefficient (Wildman–Crippen LogP) is 5.73. The van der Waals surface area contributed by atoms with Crippen LogP contribution in [0.25, 0.3) is 10.4 Å². The van der Waals surface area contributed by atoms with E-state index < -0.39 is 7.82 Å². The van der Waals surface area contributed by atoms with Crippen LogP contribution in [0.15, 0.2) is 65.8 Å². The first-order chi connectivity index (χ1) is 12.1. The molecule has 0 heterocycles. The topological polar surface area (TPSA) is 105 Å². The van der Waals surface area contributed by atoms with Gasteiger partial charge in [0.25, 0.3) is 0 Å². The molecule has 0 aliphatic rings. The molecule has 0 spiro atoms. The predicted molar refractivity (Wildman–Crippen MR) is 97.5 cm³/mol. The van der Waals surface area contributed by atoms with Gasteiger partial charge in [-0.2, -0.15) is 0 Å². The van der Waals surface area contributed by atoms with Gasteiger partial charge in [0.1, 0.15) is 11.5 Å². The van der Waals surface area contributed by atoms with Gasteiger partial charge < -0.3 is 9.05 Å². The summed E-state index contributed by atoms with van der Waals surface area (Å²) in [5.41, 5.74) is 7.82. The number of hydrogen-bond acceptors (Lipinski definition) is 4. The lowest BCUT2D eigenvalue weighted by Gasteiger charge is -2.13. The van der Waals surface area contributed by atoms with Crippen molar-refractivity contribution in [2.75, 3.05) is 6.54 Å². The van der Waals surface area contributed by atoms with Crippen molar-refractivity contribution < 1.29 is 18.5 Å². The summed E-state index contributed by atoms with van der Waals surface area (Å²) >= 11 is 0. The number of benzene rings is 2. The number of unbranched alkanes of at least 4 members (excludes halogenated alkanes) is 2. The summed E-state index contributed by atoms with van der Waals surface area (Å²) in [5, 5.41) is 3.39. The molecule has 0 bridgehead atoms. The Morgan fingerprint density at radius 1 is 1.00 bits per heavy atom. The monoisotopic (exact) mass is 363 g/mol. The van der Waals surface area contributed by atoms with Crippen LogP contribution in [0.3, 0.4) is 0 Å². The lowest BCUT2D eigenvalue weighted by Crippen LogP contribution is -1.99. The van der Waals surface area contributed by atoms with E-state index in [4.69, 9.17) is 14.6 Å². The largest absolute Gasteiger partial charge is 0.584 e. The molecular weight excluding hydrogens is 341 g/mol. The van der Waals surface area contributed by atoms with Crippen LogP contribution < -0.4 is 9.05 Å². The molecule has 25 heavy (non-hydrogen) atoms. The summed E-state index contributed by atoms with van der Waals surface area (Å²) in [6.45, 7) is 2.78. The number of para-hydroxylation sites is 2. The minimum Gasteiger partial charge on any atom is -0.395 e. The van der Waals surface area contributed by atoms with E-state index in [-0.39, 0.29) is 11.5 Å². The SMILES string of the molecule is CCCCCN=[N+]=[N-].O=P(O)(Oc1ccccc1)Oc1ccccc1. The Labute approximate surface area is 147 Å². The second-order valence-corrected chi connectivity index (χ2v) is 6.24. The van der Waals surface area contributed by atoms with Gasteiger partial charge in [-0.15, -0.1) is 0 Å². The van der Waals surface area contributed by atoms with Gasteiger partial charge in [-0.1, -0.05) is 61.3 Å². The van der Waals surface area contributed by atoms with Gasteiger partial charge in [-0.25, -0.2) is 4.57 Å². The average Bonchev–Trinajstić information content (AvgIpc) is 2.60. The second-order valence-electron chi connectivity index (χ2n) is 4.94. The Hall–Kier alpha value is -2.46. The van der Waals surface area contributed by atoms with Gasteiger partial charge in [0.05, 0.1) is 0 Å². The molecule has 0 saturated heterocycles. The number of phosphoric acid groups is 1. The van der Waals surface area contributed by atoms with Crippen molar-refractivity contribution in [2.45, 2.75) is 26.2 Å². The van der Waals surface area contributed by atoms with Crippen LogP contribution in [0.1, 0.15) is 26.2 Å². The molecule has 0 aliphatic carbocycles. The summed E-state index contributed by atoms with van der Waals surface area (Å²) in [6.07, 6.45) is 3.38. The number of phosphoric ester groups is 1. The molecule has 0 amide bonds. The lowest BCUT2D eigenvalue weighted by molar-refractivity contribution is 0.291. The number of azide groups is 1. The van der Waals surface area contributed by atoms with E-state index in [2.05, 4.69) is 16.9 Å². The number of rotatable bonds is 8. The molecule has 0 radical (unpaired) electrons. The van der Waals surface area contributed by atoms with Crippen LogP contribution >= 0.6 is 7.82 Å². The zero-order valence-electron chi connectivity index (χ0n) is 14.1. The zero-order valence-corrected chi connectivity index (χ0v) is 15.0. The minimum atomic E-state index is -4.14. The Morgan fingerprint density at radius 3 is 1.88 bits per heavy atom. The van der Waals surface area contributed by atoms with E-state index in [0.29, 0.717) is 6.54 Å². The molecule has 0 atom stereocenters. The van der Waals surface area contributed by atoms with E-state index in [0.717, 1.165) is 6.42 Å². The van der Waals surface area contributed by atoms with Crippen LogP contribution in [0.5, 0.6) is 11.5 Å². The van der Waals surface area contributed by atoms with Crippen molar-refractivity contribution in [3.05, 3.63) is 71.1 Å². The fraction of sp³-hybridized carbons (Fsp3) is 0.294. The molecule has 0 unspecified atom stereocenters. The maximum Gasteiger partial charge on any atom is 0.584 e. The zero-order chi connectivity index (χ0) is 18.4. The Morgan fingerprint density at radius 2 is 1.48 bits per heavy atom. The molecule has 0 saturated carbocycles. The van der Waals surface area contributed by atoms with E-state index in [9.17, 15) is 9.46 Å². The fourth-order valence-electron chi connectivity index (χ4n) is 1.72. The molecule has 8 heteroatoms. The van der Waals surface area contributed by atoms with E-state index in [1.807, 2.05) is 0 Å². The van der Waals surface area contributed by atoms with Gasteiger partial charge in [-0.3, -0.25) is 4.89 Å². The van der Waals surface area contributed by atoms with E-state index in [1.54, 1.807) is 60.7 Å². The van der Waals surface area contributed by atoms with Crippen LogP contribution in [0.4, 0.5) is 0 Å². The molecule has 1 N–H and O–H groups in total. The highest BCUT2D eigenvalue weighted by atomic mass is 31.2. The van der Waals surface area contributed by atoms with Crippen LogP contribution in [0.2, 0.25) is 0 Å². The fourth-order valence-corrected chi connectivity index (χ4v) is 2.54. The smallest absolute Gasteiger partial charge is 0.395 e. The Balaban J connectivity index is 0.000000333. The molecule has 2 rings (SSSR count). The molecule has 0 aliphatic heterocycles. The van der Waals surface area contributed by atoms with Crippen LogP contribution in [-0.4, -0.2) is 11.4 Å².